The van der Waals surface area contributed by atoms with E-state index in [1.807, 2.05) is 37.3 Å². The SMILES string of the molecule is CC(CO)N(Cc1cnc[nH]1)c1ccccc1. The highest BCUT2D eigenvalue weighted by molar-refractivity contribution is 5.47. The van der Waals surface area contributed by atoms with Crippen LogP contribution in [0.4, 0.5) is 5.69 Å². The maximum atomic E-state index is 9.33. The van der Waals surface area contributed by atoms with Crippen molar-refractivity contribution in [2.24, 2.45) is 0 Å². The molecule has 1 aromatic carbocycles. The molecule has 1 unspecified atom stereocenters. The number of H-pyrrole nitrogens is 1. The van der Waals surface area contributed by atoms with Crippen LogP contribution in [-0.2, 0) is 6.54 Å². The molecule has 0 bridgehead atoms. The Morgan fingerprint density at radius 3 is 2.71 bits per heavy atom. The lowest BCUT2D eigenvalue weighted by atomic mass is 10.2. The predicted octanol–water partition coefficient (Wildman–Crippen LogP) is 1.80. The van der Waals surface area contributed by atoms with E-state index < -0.39 is 0 Å². The normalized spacial score (nSPS) is 12.4. The molecular formula is C13H17N3O. The highest BCUT2D eigenvalue weighted by Gasteiger charge is 2.14. The van der Waals surface area contributed by atoms with Crippen molar-refractivity contribution in [3.8, 4) is 0 Å². The van der Waals surface area contributed by atoms with Gasteiger partial charge in [-0.15, -0.1) is 0 Å². The van der Waals surface area contributed by atoms with Crippen LogP contribution in [0.5, 0.6) is 0 Å². The lowest BCUT2D eigenvalue weighted by molar-refractivity contribution is 0.266. The predicted molar refractivity (Wildman–Crippen MR) is 67.8 cm³/mol. The summed E-state index contributed by atoms with van der Waals surface area (Å²) in [7, 11) is 0. The van der Waals surface area contributed by atoms with E-state index in [1.165, 1.54) is 0 Å². The molecule has 0 saturated heterocycles. The molecule has 90 valence electrons. The number of imidazole rings is 1. The highest BCUT2D eigenvalue weighted by Crippen LogP contribution is 2.18. The molecule has 1 aromatic heterocycles. The van der Waals surface area contributed by atoms with Gasteiger partial charge in [0.25, 0.3) is 0 Å². The van der Waals surface area contributed by atoms with Crippen LogP contribution in [0.15, 0.2) is 42.9 Å². The first kappa shape index (κ1) is 11.7. The van der Waals surface area contributed by atoms with Gasteiger partial charge in [-0.05, 0) is 19.1 Å². The summed E-state index contributed by atoms with van der Waals surface area (Å²) in [4.78, 5) is 9.24. The summed E-state index contributed by atoms with van der Waals surface area (Å²) in [5.41, 5.74) is 2.14. The fourth-order valence-corrected chi connectivity index (χ4v) is 1.77. The number of aromatic amines is 1. The Hall–Kier alpha value is -1.81. The first-order chi connectivity index (χ1) is 8.31. The van der Waals surface area contributed by atoms with Crippen molar-refractivity contribution < 1.29 is 5.11 Å². The molecule has 1 heterocycles. The Bertz CT molecular complexity index is 427. The second kappa shape index (κ2) is 5.50. The van der Waals surface area contributed by atoms with Crippen LogP contribution in [0.2, 0.25) is 0 Å². The van der Waals surface area contributed by atoms with E-state index in [4.69, 9.17) is 0 Å². The average molecular weight is 231 g/mol. The Kier molecular flexibility index (Phi) is 3.77. The van der Waals surface area contributed by atoms with Crippen LogP contribution in [0.25, 0.3) is 0 Å². The van der Waals surface area contributed by atoms with Gasteiger partial charge in [-0.1, -0.05) is 18.2 Å². The van der Waals surface area contributed by atoms with Gasteiger partial charge in [-0.25, -0.2) is 4.98 Å². The number of hydrogen-bond donors (Lipinski definition) is 2. The number of nitrogens with one attached hydrogen (secondary N) is 1. The van der Waals surface area contributed by atoms with E-state index >= 15 is 0 Å². The minimum atomic E-state index is 0.0701. The van der Waals surface area contributed by atoms with E-state index in [0.717, 1.165) is 11.4 Å². The van der Waals surface area contributed by atoms with Crippen LogP contribution in [-0.4, -0.2) is 27.7 Å². The van der Waals surface area contributed by atoms with Crippen LogP contribution < -0.4 is 4.90 Å². The van der Waals surface area contributed by atoms with Crippen molar-refractivity contribution in [1.29, 1.82) is 0 Å². The van der Waals surface area contributed by atoms with Crippen molar-refractivity contribution in [2.45, 2.75) is 19.5 Å². The van der Waals surface area contributed by atoms with E-state index in [1.54, 1.807) is 12.5 Å². The second-order valence-electron chi connectivity index (χ2n) is 4.07. The molecule has 2 rings (SSSR count). The van der Waals surface area contributed by atoms with Crippen molar-refractivity contribution in [1.82, 2.24) is 9.97 Å². The molecule has 0 spiro atoms. The third-order valence-electron chi connectivity index (χ3n) is 2.78. The Labute approximate surface area is 101 Å². The number of para-hydroxylation sites is 1. The topological polar surface area (TPSA) is 52.1 Å². The zero-order chi connectivity index (χ0) is 12.1. The minimum Gasteiger partial charge on any atom is -0.394 e. The van der Waals surface area contributed by atoms with Gasteiger partial charge in [0, 0.05) is 17.9 Å². The maximum Gasteiger partial charge on any atom is 0.0922 e. The first-order valence-corrected chi connectivity index (χ1v) is 5.71. The summed E-state index contributed by atoms with van der Waals surface area (Å²) >= 11 is 0. The Morgan fingerprint density at radius 2 is 2.12 bits per heavy atom. The standard InChI is InChI=1S/C13H17N3O/c1-11(9-17)16(8-12-7-14-10-15-12)13-5-3-2-4-6-13/h2-7,10-11,17H,8-9H2,1H3,(H,14,15). The van der Waals surface area contributed by atoms with Gasteiger partial charge in [0.2, 0.25) is 0 Å². The van der Waals surface area contributed by atoms with E-state index in [0.29, 0.717) is 6.54 Å². The summed E-state index contributed by atoms with van der Waals surface area (Å²) in [5.74, 6) is 0. The number of aliphatic hydroxyl groups is 1. The molecule has 2 aromatic rings. The zero-order valence-electron chi connectivity index (χ0n) is 9.87. The lowest BCUT2D eigenvalue weighted by Gasteiger charge is -2.29. The lowest BCUT2D eigenvalue weighted by Crippen LogP contribution is -2.35. The summed E-state index contributed by atoms with van der Waals surface area (Å²) in [6, 6.07) is 10.1. The molecule has 0 fully saturated rings. The number of rotatable bonds is 5. The molecule has 2 N–H and O–H groups in total. The number of aromatic nitrogens is 2. The van der Waals surface area contributed by atoms with Crippen molar-refractivity contribution >= 4 is 5.69 Å². The monoisotopic (exact) mass is 231 g/mol. The van der Waals surface area contributed by atoms with Crippen LogP contribution in [0.1, 0.15) is 12.6 Å². The van der Waals surface area contributed by atoms with Crippen LogP contribution in [0, 0.1) is 0 Å². The molecular weight excluding hydrogens is 214 g/mol. The van der Waals surface area contributed by atoms with Crippen LogP contribution >= 0.6 is 0 Å². The number of hydrogen-bond acceptors (Lipinski definition) is 3. The summed E-state index contributed by atoms with van der Waals surface area (Å²) in [6.45, 7) is 2.85. The molecule has 0 amide bonds. The van der Waals surface area contributed by atoms with Gasteiger partial charge in [0.05, 0.1) is 25.2 Å². The average Bonchev–Trinajstić information content (AvgIpc) is 2.89. The van der Waals surface area contributed by atoms with E-state index in [-0.39, 0.29) is 12.6 Å². The van der Waals surface area contributed by atoms with Crippen molar-refractivity contribution in [3.05, 3.63) is 48.5 Å². The van der Waals surface area contributed by atoms with E-state index in [9.17, 15) is 5.11 Å². The number of benzene rings is 1. The van der Waals surface area contributed by atoms with Gasteiger partial charge in [0.15, 0.2) is 0 Å². The van der Waals surface area contributed by atoms with E-state index in [2.05, 4.69) is 14.9 Å². The summed E-state index contributed by atoms with van der Waals surface area (Å²) in [6.07, 6.45) is 3.47. The molecule has 4 heteroatoms. The van der Waals surface area contributed by atoms with Crippen molar-refractivity contribution in [2.75, 3.05) is 11.5 Å². The molecule has 1 atom stereocenters. The molecule has 4 nitrogen and oxygen atoms in total. The molecule has 0 saturated carbocycles. The quantitative estimate of drug-likeness (QED) is 0.825. The first-order valence-electron chi connectivity index (χ1n) is 5.71. The summed E-state index contributed by atoms with van der Waals surface area (Å²) < 4.78 is 0. The fourth-order valence-electron chi connectivity index (χ4n) is 1.77. The number of nitrogens with zero attached hydrogens (tertiary/aromatic N) is 2. The fraction of sp³-hybridized carbons (Fsp3) is 0.308. The highest BCUT2D eigenvalue weighted by atomic mass is 16.3. The molecule has 0 aliphatic rings. The maximum absolute atomic E-state index is 9.33. The number of aliphatic hydroxyl groups excluding tert-OH is 1. The third-order valence-corrected chi connectivity index (χ3v) is 2.78. The largest absolute Gasteiger partial charge is 0.394 e. The molecule has 0 aliphatic carbocycles. The minimum absolute atomic E-state index is 0.0701. The smallest absolute Gasteiger partial charge is 0.0922 e. The second-order valence-corrected chi connectivity index (χ2v) is 4.07. The summed E-state index contributed by atoms with van der Waals surface area (Å²) in [5, 5.41) is 9.33. The number of anilines is 1. The molecule has 0 aliphatic heterocycles. The van der Waals surface area contributed by atoms with Crippen LogP contribution in [0.3, 0.4) is 0 Å². The van der Waals surface area contributed by atoms with Gasteiger partial charge >= 0.3 is 0 Å². The van der Waals surface area contributed by atoms with Gasteiger partial charge in [0.1, 0.15) is 0 Å². The molecule has 17 heavy (non-hydrogen) atoms. The van der Waals surface area contributed by atoms with Gasteiger partial charge in [-0.3, -0.25) is 0 Å². The molecule has 0 radical (unpaired) electrons. The van der Waals surface area contributed by atoms with Gasteiger partial charge in [-0.2, -0.15) is 0 Å². The Balaban J connectivity index is 2.20. The van der Waals surface area contributed by atoms with Gasteiger partial charge < -0.3 is 15.0 Å². The Morgan fingerprint density at radius 1 is 1.35 bits per heavy atom. The van der Waals surface area contributed by atoms with Crippen molar-refractivity contribution in [3.63, 3.8) is 0 Å². The third kappa shape index (κ3) is 2.85. The zero-order valence-corrected chi connectivity index (χ0v) is 9.87.